The molecule has 0 aromatic heterocycles. The summed E-state index contributed by atoms with van der Waals surface area (Å²) in [6.07, 6.45) is 0.605. The largest absolute Gasteiger partial charge is 0.443 e. The van der Waals surface area contributed by atoms with Crippen molar-refractivity contribution in [1.29, 1.82) is 0 Å². The number of hydrogen-bond donors (Lipinski definition) is 3. The van der Waals surface area contributed by atoms with Gasteiger partial charge in [0.15, 0.2) is 0 Å². The van der Waals surface area contributed by atoms with Gasteiger partial charge >= 0.3 is 16.3 Å². The lowest BCUT2D eigenvalue weighted by molar-refractivity contribution is -0.123. The molecule has 0 fully saturated rings. The third-order valence-electron chi connectivity index (χ3n) is 5.31. The molecular formula is C23H38N4O5S. The molecule has 1 aromatic rings. The van der Waals surface area contributed by atoms with Gasteiger partial charge in [0, 0.05) is 18.5 Å². The van der Waals surface area contributed by atoms with Crippen LogP contribution in [0, 0.1) is 19.3 Å². The molecule has 0 spiro atoms. The molecular weight excluding hydrogens is 444 g/mol. The first kappa shape index (κ1) is 26.8. The van der Waals surface area contributed by atoms with Crippen LogP contribution < -0.4 is 19.7 Å². The highest BCUT2D eigenvalue weighted by Gasteiger charge is 2.32. The highest BCUT2D eigenvalue weighted by molar-refractivity contribution is 7.91. The van der Waals surface area contributed by atoms with Crippen LogP contribution in [0.3, 0.4) is 0 Å². The number of ether oxygens (including phenoxy) is 1. The van der Waals surface area contributed by atoms with Crippen molar-refractivity contribution >= 4 is 39.3 Å². The molecule has 1 heterocycles. The second-order valence-electron chi connectivity index (χ2n) is 10.5. The molecule has 3 N–H and O–H groups in total. The van der Waals surface area contributed by atoms with Crippen LogP contribution in [0.1, 0.15) is 71.6 Å². The van der Waals surface area contributed by atoms with Crippen molar-refractivity contribution in [3.05, 3.63) is 16.7 Å². The molecule has 1 aliphatic rings. The van der Waals surface area contributed by atoms with Crippen LogP contribution >= 0.6 is 0 Å². The molecule has 0 atom stereocenters. The first-order valence-corrected chi connectivity index (χ1v) is 12.7. The molecule has 2 rings (SSSR count). The zero-order chi connectivity index (χ0) is 25.4. The SMILES string of the molecule is CCCN1CCc2c(C)c(NS(=O)(=O)NC(=O)OC(C)(C)C)c(C)c(NC(=O)C(C)(C)C)c21. The summed E-state index contributed by atoms with van der Waals surface area (Å²) in [4.78, 5) is 27.1. The van der Waals surface area contributed by atoms with E-state index in [1.54, 1.807) is 27.7 Å². The van der Waals surface area contributed by atoms with Crippen LogP contribution in [0.5, 0.6) is 0 Å². The molecule has 10 heteroatoms. The Morgan fingerprint density at radius 2 is 1.64 bits per heavy atom. The van der Waals surface area contributed by atoms with Crippen LogP contribution in [0.2, 0.25) is 0 Å². The molecule has 0 aliphatic carbocycles. The highest BCUT2D eigenvalue weighted by Crippen LogP contribution is 2.45. The zero-order valence-electron chi connectivity index (χ0n) is 21.2. The Morgan fingerprint density at radius 1 is 1.03 bits per heavy atom. The fourth-order valence-electron chi connectivity index (χ4n) is 3.75. The highest BCUT2D eigenvalue weighted by atomic mass is 32.2. The summed E-state index contributed by atoms with van der Waals surface area (Å²) in [6, 6.07) is 0. The zero-order valence-corrected chi connectivity index (χ0v) is 22.0. The molecule has 2 amide bonds. The summed E-state index contributed by atoms with van der Waals surface area (Å²) in [5.74, 6) is -0.166. The van der Waals surface area contributed by atoms with Crippen LogP contribution in [-0.4, -0.2) is 39.1 Å². The number of carbonyl (C=O) groups is 2. The van der Waals surface area contributed by atoms with E-state index in [9.17, 15) is 18.0 Å². The number of carbonyl (C=O) groups excluding carboxylic acids is 2. The number of nitrogens with zero attached hydrogens (tertiary/aromatic N) is 1. The minimum atomic E-state index is -4.27. The molecule has 1 aliphatic heterocycles. The van der Waals surface area contributed by atoms with Gasteiger partial charge < -0.3 is 15.0 Å². The molecule has 33 heavy (non-hydrogen) atoms. The Balaban J connectivity index is 2.53. The molecule has 9 nitrogen and oxygen atoms in total. The Morgan fingerprint density at radius 3 is 2.15 bits per heavy atom. The molecule has 1 aromatic carbocycles. The Hall–Kier alpha value is -2.49. The van der Waals surface area contributed by atoms with Crippen molar-refractivity contribution in [2.24, 2.45) is 5.41 Å². The fraction of sp³-hybridized carbons (Fsp3) is 0.652. The number of nitrogens with one attached hydrogen (secondary N) is 3. The molecule has 0 saturated carbocycles. The minimum absolute atomic E-state index is 0.166. The predicted octanol–water partition coefficient (Wildman–Crippen LogP) is 4.24. The van der Waals surface area contributed by atoms with Crippen molar-refractivity contribution in [2.45, 2.75) is 80.8 Å². The number of benzene rings is 1. The molecule has 0 saturated heterocycles. The summed E-state index contributed by atoms with van der Waals surface area (Å²) < 4.78 is 34.9. The molecule has 186 valence electrons. The lowest BCUT2D eigenvalue weighted by atomic mass is 9.94. The second kappa shape index (κ2) is 9.40. The normalized spacial score (nSPS) is 14.0. The van der Waals surface area contributed by atoms with Gasteiger partial charge in [0.05, 0.1) is 17.1 Å². The van der Waals surface area contributed by atoms with Gasteiger partial charge in [-0.3, -0.25) is 9.52 Å². The van der Waals surface area contributed by atoms with E-state index >= 15 is 0 Å². The van der Waals surface area contributed by atoms with Crippen molar-refractivity contribution in [3.63, 3.8) is 0 Å². The maximum Gasteiger partial charge on any atom is 0.422 e. The standard InChI is InChI=1S/C23H38N4O5S/c1-10-12-27-13-11-16-14(2)17(25-33(30,31)26-21(29)32-23(7,8)9)15(3)18(19(16)27)24-20(28)22(4,5)6/h25H,10-13H2,1-9H3,(H,24,28)(H,26,29). The van der Waals surface area contributed by atoms with Crippen molar-refractivity contribution in [1.82, 2.24) is 4.72 Å². The van der Waals surface area contributed by atoms with E-state index in [2.05, 4.69) is 21.9 Å². The van der Waals surface area contributed by atoms with Gasteiger partial charge in [-0.1, -0.05) is 27.7 Å². The van der Waals surface area contributed by atoms with Gasteiger partial charge in [0.1, 0.15) is 5.60 Å². The molecule has 0 unspecified atom stereocenters. The third-order valence-corrected chi connectivity index (χ3v) is 6.22. The summed E-state index contributed by atoms with van der Waals surface area (Å²) in [7, 11) is -4.27. The van der Waals surface area contributed by atoms with Gasteiger partial charge in [-0.25, -0.2) is 9.52 Å². The average molecular weight is 483 g/mol. The number of fused-ring (bicyclic) bond motifs is 1. The Labute approximate surface area is 197 Å². The van der Waals surface area contributed by atoms with E-state index < -0.39 is 27.3 Å². The van der Waals surface area contributed by atoms with Crippen molar-refractivity contribution < 1.29 is 22.7 Å². The Bertz CT molecular complexity index is 1040. The Kier molecular flexibility index (Phi) is 7.62. The lowest BCUT2D eigenvalue weighted by Gasteiger charge is -2.28. The number of hydrogen-bond acceptors (Lipinski definition) is 6. The number of rotatable bonds is 6. The van der Waals surface area contributed by atoms with Crippen LogP contribution in [0.15, 0.2) is 0 Å². The summed E-state index contributed by atoms with van der Waals surface area (Å²) >= 11 is 0. The van der Waals surface area contributed by atoms with Crippen molar-refractivity contribution in [3.8, 4) is 0 Å². The van der Waals surface area contributed by atoms with Gasteiger partial charge in [0.2, 0.25) is 5.91 Å². The third kappa shape index (κ3) is 6.52. The predicted molar refractivity (Wildman–Crippen MR) is 132 cm³/mol. The van der Waals surface area contributed by atoms with E-state index in [-0.39, 0.29) is 5.91 Å². The maximum atomic E-state index is 12.9. The quantitative estimate of drug-likeness (QED) is 0.558. The lowest BCUT2D eigenvalue weighted by Crippen LogP contribution is -2.39. The van der Waals surface area contributed by atoms with Gasteiger partial charge in [0.25, 0.3) is 0 Å². The van der Waals surface area contributed by atoms with Gasteiger partial charge in [-0.15, -0.1) is 0 Å². The van der Waals surface area contributed by atoms with Crippen LogP contribution in [0.25, 0.3) is 0 Å². The first-order valence-electron chi connectivity index (χ1n) is 11.2. The summed E-state index contributed by atoms with van der Waals surface area (Å²) in [5, 5.41) is 3.04. The molecule has 0 radical (unpaired) electrons. The number of amides is 2. The smallest absolute Gasteiger partial charge is 0.422 e. The van der Waals surface area contributed by atoms with E-state index in [0.717, 1.165) is 42.7 Å². The fourth-order valence-corrected chi connectivity index (χ4v) is 4.63. The summed E-state index contributed by atoms with van der Waals surface area (Å²) in [5.41, 5.74) is 2.73. The van der Waals surface area contributed by atoms with E-state index in [0.29, 0.717) is 16.9 Å². The average Bonchev–Trinajstić information content (AvgIpc) is 3.03. The van der Waals surface area contributed by atoms with E-state index in [4.69, 9.17) is 4.74 Å². The first-order chi connectivity index (χ1) is 15.0. The maximum absolute atomic E-state index is 12.9. The van der Waals surface area contributed by atoms with Crippen LogP contribution in [-0.2, 0) is 26.2 Å². The monoisotopic (exact) mass is 482 g/mol. The van der Waals surface area contributed by atoms with Gasteiger partial charge in [-0.2, -0.15) is 8.42 Å². The topological polar surface area (TPSA) is 117 Å². The van der Waals surface area contributed by atoms with E-state index in [1.165, 1.54) is 0 Å². The second-order valence-corrected chi connectivity index (χ2v) is 11.9. The van der Waals surface area contributed by atoms with Crippen molar-refractivity contribution in [2.75, 3.05) is 28.0 Å². The molecule has 0 bridgehead atoms. The number of anilines is 3. The van der Waals surface area contributed by atoms with Gasteiger partial charge in [-0.05, 0) is 64.2 Å². The summed E-state index contributed by atoms with van der Waals surface area (Å²) in [6.45, 7) is 17.7. The minimum Gasteiger partial charge on any atom is -0.443 e. The van der Waals surface area contributed by atoms with E-state index in [1.807, 2.05) is 32.4 Å². The van der Waals surface area contributed by atoms with Crippen LogP contribution in [0.4, 0.5) is 21.9 Å².